The minimum atomic E-state index is 0.322. The Labute approximate surface area is 105 Å². The van der Waals surface area contributed by atoms with Crippen molar-refractivity contribution in [2.45, 2.75) is 37.9 Å². The van der Waals surface area contributed by atoms with Crippen molar-refractivity contribution in [3.63, 3.8) is 0 Å². The quantitative estimate of drug-likeness (QED) is 0.781. The molecule has 0 radical (unpaired) electrons. The molecule has 1 aromatic heterocycles. The van der Waals surface area contributed by atoms with E-state index in [4.69, 9.17) is 0 Å². The van der Waals surface area contributed by atoms with Crippen LogP contribution in [0.25, 0.3) is 0 Å². The van der Waals surface area contributed by atoms with Crippen molar-refractivity contribution < 1.29 is 0 Å². The van der Waals surface area contributed by atoms with Gasteiger partial charge in [0.25, 0.3) is 0 Å². The van der Waals surface area contributed by atoms with Crippen LogP contribution in [0.4, 0.5) is 5.95 Å². The summed E-state index contributed by atoms with van der Waals surface area (Å²) < 4.78 is 0. The molecule has 1 aromatic rings. The molecule has 1 atom stereocenters. The summed E-state index contributed by atoms with van der Waals surface area (Å²) in [7, 11) is 0. The molecular formula is C12H18BrN3. The molecule has 0 saturated carbocycles. The number of rotatable bonds is 2. The van der Waals surface area contributed by atoms with Crippen LogP contribution in [0.5, 0.6) is 0 Å². The normalized spacial score (nSPS) is 18.6. The molecule has 2 rings (SSSR count). The second-order valence-electron chi connectivity index (χ2n) is 4.37. The van der Waals surface area contributed by atoms with Crippen LogP contribution in [0.1, 0.15) is 42.3 Å². The maximum absolute atomic E-state index is 4.60. The molecule has 1 unspecified atom stereocenters. The van der Waals surface area contributed by atoms with E-state index < -0.39 is 0 Å². The van der Waals surface area contributed by atoms with Crippen LogP contribution >= 0.6 is 15.9 Å². The SMILES string of the molecule is Cc1nc(N2CCCCC2)ncc1C(C)Br. The number of anilines is 1. The van der Waals surface area contributed by atoms with Gasteiger partial charge in [0.1, 0.15) is 0 Å². The fraction of sp³-hybridized carbons (Fsp3) is 0.667. The number of halogens is 1. The monoisotopic (exact) mass is 283 g/mol. The van der Waals surface area contributed by atoms with Crippen molar-refractivity contribution in [3.8, 4) is 0 Å². The molecule has 1 aliphatic heterocycles. The predicted molar refractivity (Wildman–Crippen MR) is 70.2 cm³/mol. The van der Waals surface area contributed by atoms with Crippen molar-refractivity contribution in [1.29, 1.82) is 0 Å². The number of nitrogens with zero attached hydrogens (tertiary/aromatic N) is 3. The molecule has 0 N–H and O–H groups in total. The van der Waals surface area contributed by atoms with E-state index >= 15 is 0 Å². The van der Waals surface area contributed by atoms with Gasteiger partial charge in [0.05, 0.1) is 0 Å². The predicted octanol–water partition coefficient (Wildman–Crippen LogP) is 3.23. The zero-order valence-electron chi connectivity index (χ0n) is 9.91. The van der Waals surface area contributed by atoms with E-state index in [0.717, 1.165) is 24.7 Å². The van der Waals surface area contributed by atoms with Crippen LogP contribution in [-0.4, -0.2) is 23.1 Å². The minimum Gasteiger partial charge on any atom is -0.341 e. The summed E-state index contributed by atoms with van der Waals surface area (Å²) in [5.41, 5.74) is 2.26. The highest BCUT2D eigenvalue weighted by atomic mass is 79.9. The highest BCUT2D eigenvalue weighted by molar-refractivity contribution is 9.09. The molecule has 0 aliphatic carbocycles. The van der Waals surface area contributed by atoms with Gasteiger partial charge in [-0.15, -0.1) is 0 Å². The van der Waals surface area contributed by atoms with Crippen molar-refractivity contribution in [2.75, 3.05) is 18.0 Å². The van der Waals surface area contributed by atoms with Crippen molar-refractivity contribution >= 4 is 21.9 Å². The third-order valence-electron chi connectivity index (χ3n) is 3.07. The topological polar surface area (TPSA) is 29.0 Å². The lowest BCUT2D eigenvalue weighted by Crippen LogP contribution is -2.31. The molecule has 1 saturated heterocycles. The number of aromatic nitrogens is 2. The summed E-state index contributed by atoms with van der Waals surface area (Å²) in [6.07, 6.45) is 5.82. The highest BCUT2D eigenvalue weighted by Gasteiger charge is 2.15. The molecule has 3 nitrogen and oxygen atoms in total. The first-order chi connectivity index (χ1) is 7.68. The third kappa shape index (κ3) is 2.54. The standard InChI is InChI=1S/C12H18BrN3/c1-9(13)11-8-14-12(15-10(11)2)16-6-4-3-5-7-16/h8-9H,3-7H2,1-2H3. The van der Waals surface area contributed by atoms with Gasteiger partial charge in [0, 0.05) is 35.4 Å². The van der Waals surface area contributed by atoms with Gasteiger partial charge in [-0.1, -0.05) is 15.9 Å². The molecule has 0 amide bonds. The first kappa shape index (κ1) is 11.8. The summed E-state index contributed by atoms with van der Waals surface area (Å²) in [5.74, 6) is 0.897. The van der Waals surface area contributed by atoms with E-state index in [0.29, 0.717) is 4.83 Å². The number of piperidine rings is 1. The molecule has 88 valence electrons. The number of alkyl halides is 1. The Morgan fingerprint density at radius 3 is 2.56 bits per heavy atom. The summed E-state index contributed by atoms with van der Waals surface area (Å²) >= 11 is 3.56. The first-order valence-corrected chi connectivity index (χ1v) is 6.82. The molecule has 4 heteroatoms. The number of hydrogen-bond donors (Lipinski definition) is 0. The molecule has 1 aliphatic rings. The fourth-order valence-corrected chi connectivity index (χ4v) is 2.55. The van der Waals surface area contributed by atoms with E-state index in [1.165, 1.54) is 24.8 Å². The Morgan fingerprint density at radius 1 is 1.31 bits per heavy atom. The molecular weight excluding hydrogens is 266 g/mol. The van der Waals surface area contributed by atoms with Gasteiger partial charge in [-0.25, -0.2) is 9.97 Å². The Hall–Kier alpha value is -0.640. The second kappa shape index (κ2) is 5.13. The van der Waals surface area contributed by atoms with Gasteiger partial charge >= 0.3 is 0 Å². The van der Waals surface area contributed by atoms with E-state index in [1.54, 1.807) is 0 Å². The van der Waals surface area contributed by atoms with Crippen LogP contribution in [0.15, 0.2) is 6.20 Å². The summed E-state index contributed by atoms with van der Waals surface area (Å²) in [6.45, 7) is 6.36. The average molecular weight is 284 g/mol. The van der Waals surface area contributed by atoms with E-state index in [9.17, 15) is 0 Å². The molecule has 16 heavy (non-hydrogen) atoms. The second-order valence-corrected chi connectivity index (χ2v) is 5.75. The lowest BCUT2D eigenvalue weighted by Gasteiger charge is -2.27. The van der Waals surface area contributed by atoms with Crippen LogP contribution < -0.4 is 4.90 Å². The molecule has 0 aromatic carbocycles. The maximum Gasteiger partial charge on any atom is 0.225 e. The highest BCUT2D eigenvalue weighted by Crippen LogP contribution is 2.25. The number of hydrogen-bond acceptors (Lipinski definition) is 3. The minimum absolute atomic E-state index is 0.322. The van der Waals surface area contributed by atoms with Gasteiger partial charge in [0.2, 0.25) is 5.95 Å². The summed E-state index contributed by atoms with van der Waals surface area (Å²) in [6, 6.07) is 0. The van der Waals surface area contributed by atoms with Crippen molar-refractivity contribution in [3.05, 3.63) is 17.5 Å². The Morgan fingerprint density at radius 2 is 2.00 bits per heavy atom. The largest absolute Gasteiger partial charge is 0.341 e. The molecule has 1 fully saturated rings. The van der Waals surface area contributed by atoms with Crippen molar-refractivity contribution in [2.24, 2.45) is 0 Å². The van der Waals surface area contributed by atoms with Gasteiger partial charge in [-0.2, -0.15) is 0 Å². The molecule has 0 bridgehead atoms. The lowest BCUT2D eigenvalue weighted by atomic mass is 10.1. The third-order valence-corrected chi connectivity index (χ3v) is 3.57. The Kier molecular flexibility index (Phi) is 3.79. The van der Waals surface area contributed by atoms with Crippen LogP contribution in [-0.2, 0) is 0 Å². The van der Waals surface area contributed by atoms with E-state index in [2.05, 4.69) is 44.6 Å². The van der Waals surface area contributed by atoms with Crippen LogP contribution in [0, 0.1) is 6.92 Å². The van der Waals surface area contributed by atoms with Gasteiger partial charge in [0.15, 0.2) is 0 Å². The average Bonchev–Trinajstić information content (AvgIpc) is 2.29. The van der Waals surface area contributed by atoms with Crippen LogP contribution in [0.2, 0.25) is 0 Å². The van der Waals surface area contributed by atoms with E-state index in [-0.39, 0.29) is 0 Å². The van der Waals surface area contributed by atoms with Gasteiger partial charge in [-0.05, 0) is 33.1 Å². The molecule has 2 heterocycles. The van der Waals surface area contributed by atoms with Gasteiger partial charge < -0.3 is 4.90 Å². The zero-order valence-corrected chi connectivity index (χ0v) is 11.5. The first-order valence-electron chi connectivity index (χ1n) is 5.91. The fourth-order valence-electron chi connectivity index (χ4n) is 2.10. The maximum atomic E-state index is 4.60. The lowest BCUT2D eigenvalue weighted by molar-refractivity contribution is 0.567. The van der Waals surface area contributed by atoms with E-state index in [1.807, 2.05) is 6.20 Å². The van der Waals surface area contributed by atoms with Crippen LogP contribution in [0.3, 0.4) is 0 Å². The smallest absolute Gasteiger partial charge is 0.225 e. The Bertz CT molecular complexity index is 359. The van der Waals surface area contributed by atoms with Gasteiger partial charge in [-0.3, -0.25) is 0 Å². The number of aryl methyl sites for hydroxylation is 1. The van der Waals surface area contributed by atoms with Crippen molar-refractivity contribution in [1.82, 2.24) is 9.97 Å². The Balaban J connectivity index is 2.19. The summed E-state index contributed by atoms with van der Waals surface area (Å²) in [5, 5.41) is 0. The zero-order chi connectivity index (χ0) is 11.5. The molecule has 0 spiro atoms. The summed E-state index contributed by atoms with van der Waals surface area (Å²) in [4.78, 5) is 11.7.